The van der Waals surface area contributed by atoms with Crippen molar-refractivity contribution < 1.29 is 4.74 Å². The minimum absolute atomic E-state index is 0.499. The van der Waals surface area contributed by atoms with E-state index in [0.29, 0.717) is 17.8 Å². The smallest absolute Gasteiger partial charge is 0.142 e. The molecule has 0 amide bonds. The minimum atomic E-state index is 0.499. The number of hydrogen-bond acceptors (Lipinski definition) is 5. The number of ether oxygens (including phenoxy) is 1. The summed E-state index contributed by atoms with van der Waals surface area (Å²) < 4.78 is 6.35. The van der Waals surface area contributed by atoms with Crippen LogP contribution in [0.25, 0.3) is 22.2 Å². The molecule has 0 bridgehead atoms. The lowest BCUT2D eigenvalue weighted by Crippen LogP contribution is -2.25. The van der Waals surface area contributed by atoms with E-state index in [4.69, 9.17) is 14.7 Å². The Kier molecular flexibility index (Phi) is 8.03. The van der Waals surface area contributed by atoms with Gasteiger partial charge in [-0.25, -0.2) is 15.0 Å². The molecule has 6 heteroatoms. The van der Waals surface area contributed by atoms with E-state index in [2.05, 4.69) is 93.1 Å². The molecule has 206 valence electrons. The van der Waals surface area contributed by atoms with Crippen LogP contribution < -0.4 is 4.74 Å². The lowest BCUT2D eigenvalue weighted by molar-refractivity contribution is 0.220. The first-order chi connectivity index (χ1) is 18.7. The summed E-state index contributed by atoms with van der Waals surface area (Å²) in [6.45, 7) is 12.6. The van der Waals surface area contributed by atoms with E-state index in [1.54, 1.807) is 0 Å². The monoisotopic (exact) mass is 525 g/mol. The molecule has 1 aliphatic heterocycles. The van der Waals surface area contributed by atoms with E-state index in [1.165, 1.54) is 27.9 Å². The van der Waals surface area contributed by atoms with Gasteiger partial charge < -0.3 is 14.6 Å². The molecule has 0 fully saturated rings. The number of aromatic nitrogens is 4. The third kappa shape index (κ3) is 6.33. The zero-order valence-electron chi connectivity index (χ0n) is 24.6. The maximum Gasteiger partial charge on any atom is 0.142 e. The average molecular weight is 526 g/mol. The number of nitrogens with zero attached hydrogens (tertiary/aromatic N) is 4. The number of hydrogen-bond donors (Lipinski definition) is 1. The standard InChI is InChI=1S/C33H43N5O/c1-20(2)14-28-22(4)34-33(19-38(6)7)37-30(28)17-24-12-13-39-32-11-9-25(16-27(32)15-21(24)3)26-8-10-29-31(18-26)36-23(5)35-29/h8-11,16,18,20-21,24H,12-15,17,19H2,1-7H3,(H,35,36). The number of aromatic amines is 1. The molecule has 2 atom stereocenters. The molecule has 6 nitrogen and oxygen atoms in total. The van der Waals surface area contributed by atoms with Gasteiger partial charge in [0.15, 0.2) is 0 Å². The van der Waals surface area contributed by atoms with Gasteiger partial charge in [0.25, 0.3) is 0 Å². The Labute approximate surface area is 233 Å². The van der Waals surface area contributed by atoms with E-state index in [1.807, 2.05) is 6.92 Å². The zero-order chi connectivity index (χ0) is 27.7. The van der Waals surface area contributed by atoms with E-state index < -0.39 is 0 Å². The summed E-state index contributed by atoms with van der Waals surface area (Å²) in [6, 6.07) is 13.1. The van der Waals surface area contributed by atoms with Crippen LogP contribution in [0.5, 0.6) is 5.75 Å². The highest BCUT2D eigenvalue weighted by Crippen LogP contribution is 2.35. The lowest BCUT2D eigenvalue weighted by atomic mass is 9.81. The highest BCUT2D eigenvalue weighted by Gasteiger charge is 2.26. The van der Waals surface area contributed by atoms with Crippen molar-refractivity contribution in [1.29, 1.82) is 0 Å². The highest BCUT2D eigenvalue weighted by molar-refractivity contribution is 5.82. The van der Waals surface area contributed by atoms with Crippen LogP contribution in [0.15, 0.2) is 36.4 Å². The fourth-order valence-corrected chi connectivity index (χ4v) is 5.96. The summed E-state index contributed by atoms with van der Waals surface area (Å²) in [4.78, 5) is 20.1. The Hall–Kier alpha value is -3.25. The molecule has 39 heavy (non-hydrogen) atoms. The summed E-state index contributed by atoms with van der Waals surface area (Å²) in [7, 11) is 4.16. The van der Waals surface area contributed by atoms with Crippen LogP contribution in [0.4, 0.5) is 0 Å². The molecule has 5 rings (SSSR count). The van der Waals surface area contributed by atoms with Gasteiger partial charge in [0.1, 0.15) is 17.4 Å². The first-order valence-corrected chi connectivity index (χ1v) is 14.4. The van der Waals surface area contributed by atoms with Gasteiger partial charge in [-0.2, -0.15) is 0 Å². The molecule has 3 heterocycles. The molecule has 0 spiro atoms. The first kappa shape index (κ1) is 27.3. The van der Waals surface area contributed by atoms with Gasteiger partial charge in [-0.15, -0.1) is 0 Å². The van der Waals surface area contributed by atoms with Gasteiger partial charge >= 0.3 is 0 Å². The van der Waals surface area contributed by atoms with Crippen molar-refractivity contribution in [1.82, 2.24) is 24.8 Å². The van der Waals surface area contributed by atoms with Crippen LogP contribution in [-0.4, -0.2) is 45.5 Å². The summed E-state index contributed by atoms with van der Waals surface area (Å²) in [5.74, 6) is 4.47. The number of nitrogens with one attached hydrogen (secondary N) is 1. The third-order valence-electron chi connectivity index (χ3n) is 7.96. The summed E-state index contributed by atoms with van der Waals surface area (Å²) in [5, 5.41) is 0. The Bertz CT molecular complexity index is 1450. The summed E-state index contributed by atoms with van der Waals surface area (Å²) in [6.07, 6.45) is 4.02. The quantitative estimate of drug-likeness (QED) is 0.290. The third-order valence-corrected chi connectivity index (χ3v) is 7.96. The van der Waals surface area contributed by atoms with Crippen LogP contribution in [0, 0.1) is 31.6 Å². The zero-order valence-corrected chi connectivity index (χ0v) is 24.6. The molecule has 1 aliphatic rings. The fraction of sp³-hybridized carbons (Fsp3) is 0.485. The van der Waals surface area contributed by atoms with Crippen LogP contribution in [0.2, 0.25) is 0 Å². The van der Waals surface area contributed by atoms with Crippen LogP contribution in [-0.2, 0) is 25.8 Å². The second-order valence-corrected chi connectivity index (χ2v) is 12.1. The predicted octanol–water partition coefficient (Wildman–Crippen LogP) is 6.72. The first-order valence-electron chi connectivity index (χ1n) is 14.4. The molecule has 0 saturated heterocycles. The van der Waals surface area contributed by atoms with Gasteiger partial charge in [-0.3, -0.25) is 0 Å². The second kappa shape index (κ2) is 11.5. The van der Waals surface area contributed by atoms with E-state index in [-0.39, 0.29) is 0 Å². The van der Waals surface area contributed by atoms with Crippen molar-refractivity contribution in [3.05, 3.63) is 70.6 Å². The summed E-state index contributed by atoms with van der Waals surface area (Å²) in [5.41, 5.74) is 9.51. The predicted molar refractivity (Wildman–Crippen MR) is 159 cm³/mol. The molecule has 0 radical (unpaired) electrons. The Morgan fingerprint density at radius 3 is 2.56 bits per heavy atom. The fourth-order valence-electron chi connectivity index (χ4n) is 5.96. The number of imidazole rings is 1. The van der Waals surface area contributed by atoms with Crippen LogP contribution in [0.1, 0.15) is 61.4 Å². The topological polar surface area (TPSA) is 66.9 Å². The minimum Gasteiger partial charge on any atom is -0.493 e. The Balaban J connectivity index is 1.41. The Morgan fingerprint density at radius 1 is 1.03 bits per heavy atom. The molecular formula is C33H43N5O. The molecule has 0 saturated carbocycles. The van der Waals surface area contributed by atoms with Gasteiger partial charge in [0.05, 0.1) is 24.2 Å². The molecule has 4 aromatic rings. The van der Waals surface area contributed by atoms with Gasteiger partial charge in [0.2, 0.25) is 0 Å². The average Bonchev–Trinajstić information content (AvgIpc) is 3.23. The van der Waals surface area contributed by atoms with Gasteiger partial charge in [-0.1, -0.05) is 32.9 Å². The molecule has 1 N–H and O–H groups in total. The number of fused-ring (bicyclic) bond motifs is 2. The molecule has 2 unspecified atom stereocenters. The summed E-state index contributed by atoms with van der Waals surface area (Å²) >= 11 is 0. The maximum absolute atomic E-state index is 6.35. The van der Waals surface area contributed by atoms with Crippen molar-refractivity contribution in [3.63, 3.8) is 0 Å². The SMILES string of the molecule is Cc1nc2ccc(-c3ccc4c(c3)CC(C)C(Cc3nc(CN(C)C)nc(C)c3CC(C)C)CCO4)cc2[nH]1. The van der Waals surface area contributed by atoms with Crippen molar-refractivity contribution in [2.45, 2.75) is 66.8 Å². The van der Waals surface area contributed by atoms with Gasteiger partial charge in [-0.05, 0) is 118 Å². The highest BCUT2D eigenvalue weighted by atomic mass is 16.5. The number of H-pyrrole nitrogens is 1. The van der Waals surface area contributed by atoms with Crippen molar-refractivity contribution in [3.8, 4) is 16.9 Å². The van der Waals surface area contributed by atoms with Crippen molar-refractivity contribution >= 4 is 11.0 Å². The number of aryl methyl sites for hydroxylation is 2. The molecule has 0 aliphatic carbocycles. The van der Waals surface area contributed by atoms with Crippen molar-refractivity contribution in [2.75, 3.05) is 20.7 Å². The van der Waals surface area contributed by atoms with E-state index >= 15 is 0 Å². The van der Waals surface area contributed by atoms with Crippen LogP contribution in [0.3, 0.4) is 0 Å². The number of benzene rings is 2. The van der Waals surface area contributed by atoms with Gasteiger partial charge in [0, 0.05) is 11.4 Å². The molecule has 2 aromatic carbocycles. The largest absolute Gasteiger partial charge is 0.493 e. The molecule has 2 aromatic heterocycles. The molecular weight excluding hydrogens is 482 g/mol. The Morgan fingerprint density at radius 2 is 1.79 bits per heavy atom. The van der Waals surface area contributed by atoms with Crippen LogP contribution >= 0.6 is 0 Å². The van der Waals surface area contributed by atoms with E-state index in [0.717, 1.165) is 73.0 Å². The van der Waals surface area contributed by atoms with Crippen molar-refractivity contribution in [2.24, 2.45) is 17.8 Å². The number of rotatable bonds is 7. The second-order valence-electron chi connectivity index (χ2n) is 12.1. The van der Waals surface area contributed by atoms with E-state index in [9.17, 15) is 0 Å². The lowest BCUT2D eigenvalue weighted by Gasteiger charge is -2.29. The maximum atomic E-state index is 6.35. The normalized spacial score (nSPS) is 17.8.